The van der Waals surface area contributed by atoms with Crippen LogP contribution in [0.3, 0.4) is 0 Å². The quantitative estimate of drug-likeness (QED) is 0.898. The maximum absolute atomic E-state index is 10.9. The van der Waals surface area contributed by atoms with E-state index in [0.29, 0.717) is 6.04 Å². The lowest BCUT2D eigenvalue weighted by atomic mass is 9.91. The first-order valence-electron chi connectivity index (χ1n) is 8.94. The minimum absolute atomic E-state index is 0.0703. The van der Waals surface area contributed by atoms with E-state index in [1.54, 1.807) is 14.0 Å². The Kier molecular flexibility index (Phi) is 5.61. The molecular weight excluding hydrogens is 304 g/mol. The Morgan fingerprint density at radius 2 is 2.17 bits per heavy atom. The summed E-state index contributed by atoms with van der Waals surface area (Å²) < 4.78 is 11.4. The second kappa shape index (κ2) is 7.88. The molecule has 2 aliphatic rings. The first-order chi connectivity index (χ1) is 11.7. The molecule has 0 bridgehead atoms. The van der Waals surface area contributed by atoms with Crippen LogP contribution in [0.25, 0.3) is 0 Å². The molecule has 2 heterocycles. The van der Waals surface area contributed by atoms with Crippen LogP contribution < -0.4 is 14.8 Å². The molecule has 0 aromatic heterocycles. The van der Waals surface area contributed by atoms with Crippen molar-refractivity contribution in [1.82, 2.24) is 10.2 Å². The molecule has 5 nitrogen and oxygen atoms in total. The van der Waals surface area contributed by atoms with Crippen LogP contribution in [-0.2, 0) is 11.2 Å². The third kappa shape index (κ3) is 4.01. The van der Waals surface area contributed by atoms with E-state index in [-0.39, 0.29) is 5.91 Å². The largest absolute Gasteiger partial charge is 0.493 e. The molecule has 132 valence electrons. The van der Waals surface area contributed by atoms with Crippen molar-refractivity contribution >= 4 is 5.91 Å². The molecule has 1 saturated heterocycles. The van der Waals surface area contributed by atoms with Crippen LogP contribution in [0.2, 0.25) is 0 Å². The number of ether oxygens (including phenoxy) is 2. The van der Waals surface area contributed by atoms with Gasteiger partial charge in [-0.3, -0.25) is 9.69 Å². The average molecular weight is 332 g/mol. The van der Waals surface area contributed by atoms with E-state index in [1.165, 1.54) is 18.4 Å². The number of hydrogen-bond donors (Lipinski definition) is 1. The fourth-order valence-electron chi connectivity index (χ4n) is 3.83. The highest BCUT2D eigenvalue weighted by Gasteiger charge is 2.30. The fourth-order valence-corrected chi connectivity index (χ4v) is 3.83. The average Bonchev–Trinajstić information content (AvgIpc) is 2.61. The minimum Gasteiger partial charge on any atom is -0.493 e. The van der Waals surface area contributed by atoms with Gasteiger partial charge in [-0.2, -0.15) is 0 Å². The first-order valence-corrected chi connectivity index (χ1v) is 8.94. The number of hydrogen-bond acceptors (Lipinski definition) is 4. The molecule has 1 aromatic rings. The SMILES string of the molecule is COc1cccc2c1OC[C@H](N1CCC(CCNC(C)=O)CC1)C2. The molecular formula is C19H28N2O3. The number of fused-ring (bicyclic) bond motifs is 1. The second-order valence-corrected chi connectivity index (χ2v) is 6.87. The molecule has 0 unspecified atom stereocenters. The van der Waals surface area contributed by atoms with Crippen LogP contribution in [0.4, 0.5) is 0 Å². The van der Waals surface area contributed by atoms with Crippen LogP contribution in [0.15, 0.2) is 18.2 Å². The van der Waals surface area contributed by atoms with Crippen LogP contribution in [0, 0.1) is 5.92 Å². The topological polar surface area (TPSA) is 50.8 Å². The zero-order chi connectivity index (χ0) is 16.9. The van der Waals surface area contributed by atoms with Crippen LogP contribution in [0.1, 0.15) is 31.7 Å². The lowest BCUT2D eigenvalue weighted by Crippen LogP contribution is -2.47. The minimum atomic E-state index is 0.0703. The molecule has 1 amide bonds. The van der Waals surface area contributed by atoms with Crippen molar-refractivity contribution < 1.29 is 14.3 Å². The van der Waals surface area contributed by atoms with Gasteiger partial charge in [0, 0.05) is 19.5 Å². The highest BCUT2D eigenvalue weighted by Crippen LogP contribution is 2.36. The zero-order valence-corrected chi connectivity index (χ0v) is 14.7. The predicted octanol–water partition coefficient (Wildman–Crippen LogP) is 2.24. The number of para-hydroxylation sites is 1. The van der Waals surface area contributed by atoms with Crippen molar-refractivity contribution in [2.75, 3.05) is 33.4 Å². The van der Waals surface area contributed by atoms with E-state index in [0.717, 1.165) is 56.5 Å². The molecule has 0 saturated carbocycles. The Bertz CT molecular complexity index is 568. The van der Waals surface area contributed by atoms with Crippen LogP contribution in [0.5, 0.6) is 11.5 Å². The summed E-state index contributed by atoms with van der Waals surface area (Å²) in [5.74, 6) is 2.55. The van der Waals surface area contributed by atoms with Gasteiger partial charge in [0.1, 0.15) is 6.61 Å². The second-order valence-electron chi connectivity index (χ2n) is 6.87. The van der Waals surface area contributed by atoms with Gasteiger partial charge in [0.15, 0.2) is 11.5 Å². The molecule has 3 rings (SSSR count). The molecule has 0 aliphatic carbocycles. The number of piperidine rings is 1. The molecule has 5 heteroatoms. The van der Waals surface area contributed by atoms with Gasteiger partial charge in [-0.15, -0.1) is 0 Å². The summed E-state index contributed by atoms with van der Waals surface area (Å²) in [4.78, 5) is 13.5. The third-order valence-corrected chi connectivity index (χ3v) is 5.25. The monoisotopic (exact) mass is 332 g/mol. The number of rotatable bonds is 5. The van der Waals surface area contributed by atoms with Crippen molar-refractivity contribution in [3.63, 3.8) is 0 Å². The number of carbonyl (C=O) groups excluding carboxylic acids is 1. The Morgan fingerprint density at radius 1 is 1.38 bits per heavy atom. The molecule has 1 aromatic carbocycles. The molecule has 2 aliphatic heterocycles. The predicted molar refractivity (Wildman–Crippen MR) is 93.6 cm³/mol. The Labute approximate surface area is 144 Å². The number of nitrogens with one attached hydrogen (secondary N) is 1. The van der Waals surface area contributed by atoms with E-state index in [1.807, 2.05) is 12.1 Å². The number of amides is 1. The molecule has 24 heavy (non-hydrogen) atoms. The number of nitrogens with zero attached hydrogens (tertiary/aromatic N) is 1. The van der Waals surface area contributed by atoms with Crippen LogP contribution in [-0.4, -0.2) is 50.2 Å². The van der Waals surface area contributed by atoms with Crippen molar-refractivity contribution in [3.05, 3.63) is 23.8 Å². The molecule has 0 radical (unpaired) electrons. The molecule has 1 N–H and O–H groups in total. The summed E-state index contributed by atoms with van der Waals surface area (Å²) in [5, 5.41) is 2.90. The summed E-state index contributed by atoms with van der Waals surface area (Å²) in [6.07, 6.45) is 4.54. The Morgan fingerprint density at radius 3 is 2.88 bits per heavy atom. The molecule has 0 spiro atoms. The number of likely N-dealkylation sites (tertiary alicyclic amines) is 1. The maximum atomic E-state index is 10.9. The number of benzene rings is 1. The van der Waals surface area contributed by atoms with Crippen molar-refractivity contribution in [3.8, 4) is 11.5 Å². The van der Waals surface area contributed by atoms with E-state index in [9.17, 15) is 4.79 Å². The van der Waals surface area contributed by atoms with Crippen LogP contribution >= 0.6 is 0 Å². The van der Waals surface area contributed by atoms with Gasteiger partial charge in [-0.25, -0.2) is 0 Å². The van der Waals surface area contributed by atoms with Gasteiger partial charge in [-0.1, -0.05) is 12.1 Å². The van der Waals surface area contributed by atoms with E-state index >= 15 is 0 Å². The number of methoxy groups -OCH3 is 1. The zero-order valence-electron chi connectivity index (χ0n) is 14.7. The van der Waals surface area contributed by atoms with Gasteiger partial charge in [-0.05, 0) is 56.3 Å². The van der Waals surface area contributed by atoms with Gasteiger partial charge >= 0.3 is 0 Å². The maximum Gasteiger partial charge on any atom is 0.216 e. The summed E-state index contributed by atoms with van der Waals surface area (Å²) in [6.45, 7) is 5.37. The van der Waals surface area contributed by atoms with E-state index in [2.05, 4.69) is 16.3 Å². The fraction of sp³-hybridized carbons (Fsp3) is 0.632. The summed E-state index contributed by atoms with van der Waals surface area (Å²) in [7, 11) is 1.69. The van der Waals surface area contributed by atoms with Gasteiger partial charge in [0.2, 0.25) is 5.91 Å². The van der Waals surface area contributed by atoms with Gasteiger partial charge < -0.3 is 14.8 Å². The third-order valence-electron chi connectivity index (χ3n) is 5.25. The summed E-state index contributed by atoms with van der Waals surface area (Å²) >= 11 is 0. The Balaban J connectivity index is 1.50. The Hall–Kier alpha value is -1.75. The molecule has 1 fully saturated rings. The summed E-state index contributed by atoms with van der Waals surface area (Å²) in [5.41, 5.74) is 1.25. The summed E-state index contributed by atoms with van der Waals surface area (Å²) in [6, 6.07) is 6.60. The lowest BCUT2D eigenvalue weighted by Gasteiger charge is -2.39. The van der Waals surface area contributed by atoms with Crippen molar-refractivity contribution in [1.29, 1.82) is 0 Å². The lowest BCUT2D eigenvalue weighted by molar-refractivity contribution is -0.119. The van der Waals surface area contributed by atoms with Gasteiger partial charge in [0.05, 0.1) is 7.11 Å². The highest BCUT2D eigenvalue weighted by molar-refractivity contribution is 5.72. The standard InChI is InChI=1S/C19H28N2O3/c1-14(22)20-9-6-15-7-10-21(11-8-15)17-12-16-4-3-5-18(23-2)19(16)24-13-17/h3-5,15,17H,6-13H2,1-2H3,(H,20,22)/t17-/m1/s1. The normalized spacial score (nSPS) is 21.7. The van der Waals surface area contributed by atoms with Crippen molar-refractivity contribution in [2.45, 2.75) is 38.6 Å². The van der Waals surface area contributed by atoms with Gasteiger partial charge in [0.25, 0.3) is 0 Å². The number of carbonyl (C=O) groups is 1. The smallest absolute Gasteiger partial charge is 0.216 e. The van der Waals surface area contributed by atoms with E-state index in [4.69, 9.17) is 9.47 Å². The van der Waals surface area contributed by atoms with E-state index < -0.39 is 0 Å². The first kappa shape index (κ1) is 17.1. The molecule has 1 atom stereocenters. The highest BCUT2D eigenvalue weighted by atomic mass is 16.5. The van der Waals surface area contributed by atoms with Crippen molar-refractivity contribution in [2.24, 2.45) is 5.92 Å².